The van der Waals surface area contributed by atoms with Gasteiger partial charge in [0, 0.05) is 22.5 Å². The van der Waals surface area contributed by atoms with Crippen molar-refractivity contribution >= 4 is 22.9 Å². The van der Waals surface area contributed by atoms with Gasteiger partial charge < -0.3 is 5.32 Å². The smallest absolute Gasteiger partial charge is 0.0409 e. The fourth-order valence-electron chi connectivity index (χ4n) is 2.27. The lowest BCUT2D eigenvalue weighted by atomic mass is 10.0. The van der Waals surface area contributed by atoms with Gasteiger partial charge in [0.2, 0.25) is 0 Å². The average molecular weight is 294 g/mol. The molecule has 3 heteroatoms. The van der Waals surface area contributed by atoms with Crippen LogP contribution in [0.25, 0.3) is 0 Å². The van der Waals surface area contributed by atoms with Gasteiger partial charge in [-0.05, 0) is 47.5 Å². The number of hydrogen-bond acceptors (Lipinski definition) is 2. The highest BCUT2D eigenvalue weighted by atomic mass is 35.5. The average Bonchev–Trinajstić information content (AvgIpc) is 2.87. The normalized spacial score (nSPS) is 12.6. The van der Waals surface area contributed by atoms with Crippen LogP contribution in [0.2, 0.25) is 5.02 Å². The molecule has 102 valence electrons. The molecule has 1 aromatic carbocycles. The summed E-state index contributed by atoms with van der Waals surface area (Å²) < 4.78 is 0. The van der Waals surface area contributed by atoms with E-state index in [0.717, 1.165) is 24.4 Å². The van der Waals surface area contributed by atoms with E-state index in [4.69, 9.17) is 11.6 Å². The molecule has 0 saturated heterocycles. The molecular weight excluding hydrogens is 274 g/mol. The van der Waals surface area contributed by atoms with Crippen LogP contribution < -0.4 is 5.32 Å². The van der Waals surface area contributed by atoms with Crippen LogP contribution in [0.5, 0.6) is 0 Å². The minimum absolute atomic E-state index is 0.366. The largest absolute Gasteiger partial charge is 0.305 e. The maximum Gasteiger partial charge on any atom is 0.0409 e. The van der Waals surface area contributed by atoms with E-state index in [1.165, 1.54) is 16.0 Å². The van der Waals surface area contributed by atoms with Crippen molar-refractivity contribution in [1.29, 1.82) is 0 Å². The maximum absolute atomic E-state index is 6.07. The lowest BCUT2D eigenvalue weighted by Gasteiger charge is -2.17. The topological polar surface area (TPSA) is 12.0 Å². The van der Waals surface area contributed by atoms with Gasteiger partial charge in [-0.25, -0.2) is 0 Å². The van der Waals surface area contributed by atoms with Gasteiger partial charge in [0.05, 0.1) is 0 Å². The molecule has 0 aliphatic carbocycles. The second kappa shape index (κ2) is 7.09. The van der Waals surface area contributed by atoms with Crippen molar-refractivity contribution in [2.75, 3.05) is 0 Å². The number of hydrogen-bond donors (Lipinski definition) is 1. The van der Waals surface area contributed by atoms with E-state index < -0.39 is 0 Å². The van der Waals surface area contributed by atoms with Gasteiger partial charge in [-0.2, -0.15) is 0 Å². The van der Waals surface area contributed by atoms with E-state index in [9.17, 15) is 0 Å². The Balaban J connectivity index is 2.04. The minimum Gasteiger partial charge on any atom is -0.305 e. The van der Waals surface area contributed by atoms with Crippen LogP contribution >= 0.6 is 22.9 Å². The molecule has 0 bridgehead atoms. The Morgan fingerprint density at radius 3 is 2.79 bits per heavy atom. The predicted molar refractivity (Wildman–Crippen MR) is 85.0 cm³/mol. The molecule has 1 N–H and O–H groups in total. The van der Waals surface area contributed by atoms with Crippen LogP contribution in [0, 0.1) is 0 Å². The van der Waals surface area contributed by atoms with Crippen molar-refractivity contribution in [3.63, 3.8) is 0 Å². The van der Waals surface area contributed by atoms with E-state index in [1.54, 1.807) is 0 Å². The first-order valence-electron chi connectivity index (χ1n) is 6.78. The summed E-state index contributed by atoms with van der Waals surface area (Å²) in [7, 11) is 0. The number of nitrogens with one attached hydrogen (secondary N) is 1. The molecule has 0 spiro atoms. The molecule has 0 fully saturated rings. The molecule has 1 nitrogen and oxygen atoms in total. The number of halogens is 1. The highest BCUT2D eigenvalue weighted by molar-refractivity contribution is 7.10. The number of aryl methyl sites for hydroxylation is 1. The first-order chi connectivity index (χ1) is 9.24. The molecule has 0 radical (unpaired) electrons. The third-order valence-electron chi connectivity index (χ3n) is 3.39. The summed E-state index contributed by atoms with van der Waals surface area (Å²) in [5.74, 6) is 0. The van der Waals surface area contributed by atoms with E-state index >= 15 is 0 Å². The lowest BCUT2D eigenvalue weighted by molar-refractivity contribution is 0.521. The second-order valence-electron chi connectivity index (χ2n) is 4.62. The third kappa shape index (κ3) is 3.82. The predicted octanol–water partition coefficient (Wildman–Crippen LogP) is 5.20. The van der Waals surface area contributed by atoms with Crippen molar-refractivity contribution in [2.24, 2.45) is 0 Å². The molecule has 19 heavy (non-hydrogen) atoms. The zero-order chi connectivity index (χ0) is 13.7. The van der Waals surface area contributed by atoms with Crippen LogP contribution in [0.4, 0.5) is 0 Å². The Kier molecular flexibility index (Phi) is 5.44. The summed E-state index contributed by atoms with van der Waals surface area (Å²) >= 11 is 7.90. The lowest BCUT2D eigenvalue weighted by Crippen LogP contribution is -2.20. The molecule has 0 amide bonds. The van der Waals surface area contributed by atoms with Gasteiger partial charge in [-0.1, -0.05) is 37.6 Å². The van der Waals surface area contributed by atoms with Crippen LogP contribution in [-0.4, -0.2) is 0 Å². The molecule has 1 atom stereocenters. The SMILES string of the molecule is CCc1ccsc1CNC(CC)c1cccc(Cl)c1. The van der Waals surface area contributed by atoms with Crippen LogP contribution in [0.15, 0.2) is 35.7 Å². The second-order valence-corrected chi connectivity index (χ2v) is 6.06. The van der Waals surface area contributed by atoms with Crippen LogP contribution in [0.1, 0.15) is 42.3 Å². The first-order valence-corrected chi connectivity index (χ1v) is 8.04. The fourth-order valence-corrected chi connectivity index (χ4v) is 3.40. The molecule has 2 aromatic rings. The Morgan fingerprint density at radius 1 is 1.26 bits per heavy atom. The van der Waals surface area contributed by atoms with Crippen molar-refractivity contribution in [3.05, 3.63) is 56.7 Å². The highest BCUT2D eigenvalue weighted by Gasteiger charge is 2.10. The van der Waals surface area contributed by atoms with Crippen LogP contribution in [-0.2, 0) is 13.0 Å². The number of benzene rings is 1. The van der Waals surface area contributed by atoms with Crippen molar-refractivity contribution < 1.29 is 0 Å². The van der Waals surface area contributed by atoms with Crippen molar-refractivity contribution in [3.8, 4) is 0 Å². The van der Waals surface area contributed by atoms with Gasteiger partial charge in [-0.15, -0.1) is 11.3 Å². The molecule has 2 rings (SSSR count). The molecule has 1 unspecified atom stereocenters. The summed E-state index contributed by atoms with van der Waals surface area (Å²) in [4.78, 5) is 1.45. The first kappa shape index (κ1) is 14.6. The Morgan fingerprint density at radius 2 is 2.11 bits per heavy atom. The Hall–Kier alpha value is -0.830. The Bertz CT molecular complexity index is 521. The van der Waals surface area contributed by atoms with Crippen molar-refractivity contribution in [1.82, 2.24) is 5.32 Å². The highest BCUT2D eigenvalue weighted by Crippen LogP contribution is 2.23. The van der Waals surface area contributed by atoms with Gasteiger partial charge in [0.15, 0.2) is 0 Å². The van der Waals surface area contributed by atoms with Gasteiger partial charge in [0.1, 0.15) is 0 Å². The summed E-state index contributed by atoms with van der Waals surface area (Å²) in [5.41, 5.74) is 2.73. The van der Waals surface area contributed by atoms with Crippen LogP contribution in [0.3, 0.4) is 0 Å². The standard InChI is InChI=1S/C16H20ClNS/c1-3-12-8-9-19-16(12)11-18-15(4-2)13-6-5-7-14(17)10-13/h5-10,15,18H,3-4,11H2,1-2H3. The molecule has 1 aromatic heterocycles. The van der Waals surface area contributed by atoms with Gasteiger partial charge >= 0.3 is 0 Å². The van der Waals surface area contributed by atoms with Gasteiger partial charge in [-0.3, -0.25) is 0 Å². The summed E-state index contributed by atoms with van der Waals surface area (Å²) in [5, 5.41) is 6.63. The summed E-state index contributed by atoms with van der Waals surface area (Å²) in [6.45, 7) is 5.35. The molecule has 1 heterocycles. The summed E-state index contributed by atoms with van der Waals surface area (Å²) in [6, 6.07) is 10.7. The maximum atomic E-state index is 6.07. The van der Waals surface area contributed by atoms with E-state index in [2.05, 4.69) is 42.7 Å². The minimum atomic E-state index is 0.366. The van der Waals surface area contributed by atoms with Crippen molar-refractivity contribution in [2.45, 2.75) is 39.3 Å². The van der Waals surface area contributed by atoms with E-state index in [0.29, 0.717) is 6.04 Å². The van der Waals surface area contributed by atoms with E-state index in [-0.39, 0.29) is 0 Å². The fraction of sp³-hybridized carbons (Fsp3) is 0.375. The molecule has 0 saturated carbocycles. The zero-order valence-corrected chi connectivity index (χ0v) is 13.0. The zero-order valence-electron chi connectivity index (χ0n) is 11.4. The number of thiophene rings is 1. The summed E-state index contributed by atoms with van der Waals surface area (Å²) in [6.07, 6.45) is 2.17. The Labute approximate surface area is 124 Å². The van der Waals surface area contributed by atoms with E-state index in [1.807, 2.05) is 23.5 Å². The quantitative estimate of drug-likeness (QED) is 0.771. The number of rotatable bonds is 6. The molecular formula is C16H20ClNS. The molecule has 0 aliphatic heterocycles. The monoisotopic (exact) mass is 293 g/mol. The van der Waals surface area contributed by atoms with Gasteiger partial charge in [0.25, 0.3) is 0 Å². The third-order valence-corrected chi connectivity index (χ3v) is 4.59. The molecule has 0 aliphatic rings.